The molecule has 1 aliphatic carbocycles. The van der Waals surface area contributed by atoms with Crippen molar-refractivity contribution in [2.75, 3.05) is 20.1 Å². The maximum Gasteiger partial charge on any atom is 0.191 e. The van der Waals surface area contributed by atoms with E-state index in [1.54, 1.807) is 0 Å². The molecule has 0 aromatic heterocycles. The summed E-state index contributed by atoms with van der Waals surface area (Å²) < 4.78 is 0. The fourth-order valence-corrected chi connectivity index (χ4v) is 2.88. The average Bonchev–Trinajstić information content (AvgIpc) is 3.23. The first-order valence-corrected chi connectivity index (χ1v) is 8.05. The topological polar surface area (TPSA) is 44.9 Å². The lowest BCUT2D eigenvalue weighted by Gasteiger charge is -2.17. The summed E-state index contributed by atoms with van der Waals surface area (Å²) in [6, 6.07) is 9.43. The zero-order valence-electron chi connectivity index (χ0n) is 13.4. The normalized spacial score (nSPS) is 19.0. The van der Waals surface area contributed by atoms with Gasteiger partial charge in [0.25, 0.3) is 0 Å². The van der Waals surface area contributed by atoms with Crippen LogP contribution in [0.2, 0.25) is 0 Å². The molecule has 5 heteroatoms. The Balaban J connectivity index is 0.00000176. The number of rotatable bonds is 5. The molecule has 1 aliphatic heterocycles. The maximum atomic E-state index is 6.01. The zero-order chi connectivity index (χ0) is 14.7. The Kier molecular flexibility index (Phi) is 6.50. The van der Waals surface area contributed by atoms with E-state index in [1.165, 1.54) is 49.9 Å². The molecule has 0 bridgehead atoms. The van der Waals surface area contributed by atoms with Gasteiger partial charge in [-0.3, -0.25) is 4.90 Å². The second kappa shape index (κ2) is 8.15. The van der Waals surface area contributed by atoms with Crippen LogP contribution in [0.1, 0.15) is 36.8 Å². The van der Waals surface area contributed by atoms with E-state index in [2.05, 4.69) is 39.1 Å². The highest BCUT2D eigenvalue weighted by Crippen LogP contribution is 2.25. The Morgan fingerprint density at radius 2 is 1.77 bits per heavy atom. The molecule has 0 spiro atoms. The van der Waals surface area contributed by atoms with E-state index in [0.29, 0.717) is 18.5 Å². The molecule has 0 amide bonds. The number of aliphatic imine (C=N–C) groups is 1. The van der Waals surface area contributed by atoms with Gasteiger partial charge < -0.3 is 10.6 Å². The summed E-state index contributed by atoms with van der Waals surface area (Å²) in [6.07, 6.45) is 5.19. The van der Waals surface area contributed by atoms with Crippen LogP contribution in [-0.2, 0) is 13.1 Å². The zero-order valence-corrected chi connectivity index (χ0v) is 15.7. The summed E-state index contributed by atoms with van der Waals surface area (Å²) >= 11 is 0. The van der Waals surface area contributed by atoms with Gasteiger partial charge in [0.1, 0.15) is 0 Å². The molecule has 22 heavy (non-hydrogen) atoms. The SMILES string of the molecule is CN(C(N)=NCc1ccc(CN2CCCC2)cc1)C1CC1.I. The van der Waals surface area contributed by atoms with Crippen molar-refractivity contribution in [3.05, 3.63) is 35.4 Å². The standard InChI is InChI=1S/C17H26N4.HI/c1-20(16-8-9-16)17(18)19-12-14-4-6-15(7-5-14)13-21-10-2-3-11-21;/h4-7,16H,2-3,8-13H2,1H3,(H2,18,19);1H. The highest BCUT2D eigenvalue weighted by molar-refractivity contribution is 14.0. The number of halogens is 1. The van der Waals surface area contributed by atoms with Gasteiger partial charge in [-0.2, -0.15) is 0 Å². The van der Waals surface area contributed by atoms with Crippen molar-refractivity contribution < 1.29 is 0 Å². The van der Waals surface area contributed by atoms with Crippen LogP contribution in [-0.4, -0.2) is 41.9 Å². The van der Waals surface area contributed by atoms with Gasteiger partial charge in [0.05, 0.1) is 6.54 Å². The minimum Gasteiger partial charge on any atom is -0.370 e. The van der Waals surface area contributed by atoms with Gasteiger partial charge in [-0.1, -0.05) is 24.3 Å². The molecule has 1 saturated carbocycles. The Morgan fingerprint density at radius 3 is 2.36 bits per heavy atom. The van der Waals surface area contributed by atoms with Crippen molar-refractivity contribution in [2.45, 2.75) is 44.8 Å². The van der Waals surface area contributed by atoms with Crippen LogP contribution in [0, 0.1) is 0 Å². The Hall–Kier alpha value is -0.820. The van der Waals surface area contributed by atoms with Crippen LogP contribution in [0.5, 0.6) is 0 Å². The fourth-order valence-electron chi connectivity index (χ4n) is 2.88. The number of benzene rings is 1. The molecule has 0 unspecified atom stereocenters. The first-order valence-electron chi connectivity index (χ1n) is 8.05. The lowest BCUT2D eigenvalue weighted by Crippen LogP contribution is -2.35. The number of likely N-dealkylation sites (tertiary alicyclic amines) is 1. The molecule has 2 fully saturated rings. The molecule has 1 heterocycles. The molecule has 1 saturated heterocycles. The van der Waals surface area contributed by atoms with Gasteiger partial charge in [0.2, 0.25) is 0 Å². The van der Waals surface area contributed by atoms with E-state index in [1.807, 2.05) is 7.05 Å². The molecule has 4 nitrogen and oxygen atoms in total. The monoisotopic (exact) mass is 414 g/mol. The molecule has 2 N–H and O–H groups in total. The lowest BCUT2D eigenvalue weighted by molar-refractivity contribution is 0.331. The lowest BCUT2D eigenvalue weighted by atomic mass is 10.1. The number of nitrogens with two attached hydrogens (primary N) is 1. The maximum absolute atomic E-state index is 6.01. The second-order valence-electron chi connectivity index (χ2n) is 6.32. The second-order valence-corrected chi connectivity index (χ2v) is 6.32. The van der Waals surface area contributed by atoms with Crippen LogP contribution in [0.4, 0.5) is 0 Å². The minimum absolute atomic E-state index is 0. The molecule has 1 aromatic carbocycles. The van der Waals surface area contributed by atoms with Crippen LogP contribution in [0.3, 0.4) is 0 Å². The van der Waals surface area contributed by atoms with Crippen molar-refractivity contribution in [2.24, 2.45) is 10.7 Å². The third-order valence-corrected chi connectivity index (χ3v) is 4.51. The molecule has 0 atom stereocenters. The third-order valence-electron chi connectivity index (χ3n) is 4.51. The molecular weight excluding hydrogens is 387 g/mol. The quantitative estimate of drug-likeness (QED) is 0.458. The smallest absolute Gasteiger partial charge is 0.191 e. The van der Waals surface area contributed by atoms with Gasteiger partial charge in [0, 0.05) is 19.6 Å². The first kappa shape index (κ1) is 17.5. The van der Waals surface area contributed by atoms with Gasteiger partial charge in [-0.15, -0.1) is 24.0 Å². The third kappa shape index (κ3) is 4.84. The van der Waals surface area contributed by atoms with E-state index in [0.717, 1.165) is 6.54 Å². The summed E-state index contributed by atoms with van der Waals surface area (Å²) in [5.74, 6) is 0.665. The minimum atomic E-state index is 0. The Morgan fingerprint density at radius 1 is 1.18 bits per heavy atom. The van der Waals surface area contributed by atoms with Crippen molar-refractivity contribution in [1.82, 2.24) is 9.80 Å². The number of nitrogens with zero attached hydrogens (tertiary/aromatic N) is 3. The summed E-state index contributed by atoms with van der Waals surface area (Å²) in [5.41, 5.74) is 8.64. The predicted molar refractivity (Wildman–Crippen MR) is 102 cm³/mol. The van der Waals surface area contributed by atoms with Gasteiger partial charge >= 0.3 is 0 Å². The molecular formula is C17H27IN4. The molecule has 0 radical (unpaired) electrons. The van der Waals surface area contributed by atoms with Gasteiger partial charge in [0.15, 0.2) is 5.96 Å². The molecule has 3 rings (SSSR count). The van der Waals surface area contributed by atoms with Crippen molar-refractivity contribution in [3.8, 4) is 0 Å². The highest BCUT2D eigenvalue weighted by Gasteiger charge is 2.27. The fraction of sp³-hybridized carbons (Fsp3) is 0.588. The van der Waals surface area contributed by atoms with Crippen molar-refractivity contribution in [3.63, 3.8) is 0 Å². The predicted octanol–water partition coefficient (Wildman–Crippen LogP) is 2.81. The molecule has 122 valence electrons. The highest BCUT2D eigenvalue weighted by atomic mass is 127. The largest absolute Gasteiger partial charge is 0.370 e. The van der Waals surface area contributed by atoms with E-state index < -0.39 is 0 Å². The summed E-state index contributed by atoms with van der Waals surface area (Å²) in [6.45, 7) is 4.25. The summed E-state index contributed by atoms with van der Waals surface area (Å²) in [5, 5.41) is 0. The van der Waals surface area contributed by atoms with Crippen LogP contribution in [0.15, 0.2) is 29.3 Å². The number of hydrogen-bond acceptors (Lipinski definition) is 2. The van der Waals surface area contributed by atoms with Gasteiger partial charge in [-0.25, -0.2) is 4.99 Å². The summed E-state index contributed by atoms with van der Waals surface area (Å²) in [4.78, 5) is 9.12. The van der Waals surface area contributed by atoms with E-state index in [9.17, 15) is 0 Å². The number of guanidine groups is 1. The molecule has 2 aliphatic rings. The van der Waals surface area contributed by atoms with Crippen LogP contribution >= 0.6 is 24.0 Å². The Bertz CT molecular complexity index is 490. The Labute approximate surface area is 150 Å². The summed E-state index contributed by atoms with van der Waals surface area (Å²) in [7, 11) is 2.04. The average molecular weight is 414 g/mol. The molecule has 1 aromatic rings. The van der Waals surface area contributed by atoms with E-state index in [-0.39, 0.29) is 24.0 Å². The van der Waals surface area contributed by atoms with Gasteiger partial charge in [-0.05, 0) is 49.9 Å². The van der Waals surface area contributed by atoms with Crippen LogP contribution < -0.4 is 5.73 Å². The van der Waals surface area contributed by atoms with Crippen LogP contribution in [0.25, 0.3) is 0 Å². The first-order chi connectivity index (χ1) is 10.2. The van der Waals surface area contributed by atoms with E-state index in [4.69, 9.17) is 5.73 Å². The van der Waals surface area contributed by atoms with E-state index >= 15 is 0 Å². The number of hydrogen-bond donors (Lipinski definition) is 1. The van der Waals surface area contributed by atoms with Crippen molar-refractivity contribution in [1.29, 1.82) is 0 Å². The van der Waals surface area contributed by atoms with Crippen molar-refractivity contribution >= 4 is 29.9 Å².